The smallest absolute Gasteiger partial charge is 0.307 e. The number of rotatable bonds is 3. The maximum atomic E-state index is 12.9. The van der Waals surface area contributed by atoms with Crippen LogP contribution in [-0.2, 0) is 11.2 Å². The minimum atomic E-state index is -0.931. The summed E-state index contributed by atoms with van der Waals surface area (Å²) in [6, 6.07) is 4.04. The van der Waals surface area contributed by atoms with Crippen LogP contribution < -0.4 is 0 Å². The van der Waals surface area contributed by atoms with Crippen LogP contribution in [0.4, 0.5) is 4.39 Å². The molecule has 1 aromatic rings. The Labute approximate surface area is 81.7 Å². The van der Waals surface area contributed by atoms with Crippen molar-refractivity contribution in [2.24, 2.45) is 0 Å². The molecule has 0 aromatic heterocycles. The van der Waals surface area contributed by atoms with E-state index in [1.807, 2.05) is 0 Å². The molecule has 14 heavy (non-hydrogen) atoms. The maximum Gasteiger partial charge on any atom is 0.307 e. The molecular formula is C11H11FO2. The van der Waals surface area contributed by atoms with Gasteiger partial charge in [-0.05, 0) is 30.2 Å². The lowest BCUT2D eigenvalue weighted by Gasteiger charge is -2.06. The quantitative estimate of drug-likeness (QED) is 0.802. The van der Waals surface area contributed by atoms with Crippen LogP contribution in [0.25, 0.3) is 5.57 Å². The standard InChI is InChI=1S/C11H11FO2/c1-7(2)10-6-9(12)4-3-8(10)5-11(13)14/h3-4,6H,1,5H2,2H3,(H,13,14). The first-order chi connectivity index (χ1) is 6.50. The maximum absolute atomic E-state index is 12.9. The molecule has 3 heteroatoms. The fourth-order valence-corrected chi connectivity index (χ4v) is 1.26. The highest BCUT2D eigenvalue weighted by atomic mass is 19.1. The Morgan fingerprint density at radius 2 is 2.21 bits per heavy atom. The number of halogens is 1. The molecule has 0 saturated carbocycles. The van der Waals surface area contributed by atoms with E-state index in [1.54, 1.807) is 6.92 Å². The molecule has 0 aliphatic carbocycles. The van der Waals surface area contributed by atoms with Crippen LogP contribution in [0.3, 0.4) is 0 Å². The Morgan fingerprint density at radius 1 is 1.57 bits per heavy atom. The highest BCUT2D eigenvalue weighted by Crippen LogP contribution is 2.19. The van der Waals surface area contributed by atoms with Crippen LogP contribution in [0.2, 0.25) is 0 Å². The van der Waals surface area contributed by atoms with Gasteiger partial charge in [-0.2, -0.15) is 0 Å². The molecule has 0 aliphatic rings. The van der Waals surface area contributed by atoms with Gasteiger partial charge in [0.05, 0.1) is 6.42 Å². The summed E-state index contributed by atoms with van der Waals surface area (Å²) in [5.41, 5.74) is 1.83. The van der Waals surface area contributed by atoms with Crippen molar-refractivity contribution < 1.29 is 14.3 Å². The normalized spacial score (nSPS) is 9.86. The van der Waals surface area contributed by atoms with E-state index < -0.39 is 5.97 Å². The Morgan fingerprint density at radius 3 is 2.71 bits per heavy atom. The van der Waals surface area contributed by atoms with Crippen LogP contribution in [0.1, 0.15) is 18.1 Å². The van der Waals surface area contributed by atoms with Crippen LogP contribution in [0.5, 0.6) is 0 Å². The number of carboxylic acid groups (broad SMARTS) is 1. The summed E-state index contributed by atoms with van der Waals surface area (Å²) in [5, 5.41) is 8.62. The average molecular weight is 194 g/mol. The summed E-state index contributed by atoms with van der Waals surface area (Å²) in [6.45, 7) is 5.40. The van der Waals surface area contributed by atoms with Crippen molar-refractivity contribution in [2.75, 3.05) is 0 Å². The fraction of sp³-hybridized carbons (Fsp3) is 0.182. The van der Waals surface area contributed by atoms with Crippen molar-refractivity contribution in [3.8, 4) is 0 Å². The van der Waals surface area contributed by atoms with Crippen LogP contribution in [0, 0.1) is 5.82 Å². The van der Waals surface area contributed by atoms with E-state index in [9.17, 15) is 9.18 Å². The molecule has 74 valence electrons. The lowest BCUT2D eigenvalue weighted by Crippen LogP contribution is -2.03. The molecule has 0 spiro atoms. The van der Waals surface area contributed by atoms with Gasteiger partial charge in [-0.25, -0.2) is 4.39 Å². The third-order valence-electron chi connectivity index (χ3n) is 1.87. The number of benzene rings is 1. The number of carboxylic acids is 1. The lowest BCUT2D eigenvalue weighted by atomic mass is 9.99. The van der Waals surface area contributed by atoms with Crippen molar-refractivity contribution in [3.05, 3.63) is 41.7 Å². The van der Waals surface area contributed by atoms with E-state index in [-0.39, 0.29) is 12.2 Å². The Hall–Kier alpha value is -1.64. The number of carbonyl (C=O) groups is 1. The second-order valence-electron chi connectivity index (χ2n) is 3.15. The van der Waals surface area contributed by atoms with E-state index in [1.165, 1.54) is 18.2 Å². The lowest BCUT2D eigenvalue weighted by molar-refractivity contribution is -0.136. The number of hydrogen-bond donors (Lipinski definition) is 1. The van der Waals surface area contributed by atoms with E-state index in [2.05, 4.69) is 6.58 Å². The van der Waals surface area contributed by atoms with Crippen LogP contribution in [0.15, 0.2) is 24.8 Å². The molecule has 0 heterocycles. The topological polar surface area (TPSA) is 37.3 Å². The largest absolute Gasteiger partial charge is 0.481 e. The first-order valence-corrected chi connectivity index (χ1v) is 4.17. The summed E-state index contributed by atoms with van der Waals surface area (Å²) in [4.78, 5) is 10.5. The number of aliphatic carboxylic acids is 1. The molecule has 0 aliphatic heterocycles. The Bertz CT molecular complexity index is 383. The van der Waals surface area contributed by atoms with Gasteiger partial charge in [0, 0.05) is 0 Å². The molecule has 1 N–H and O–H groups in total. The highest BCUT2D eigenvalue weighted by molar-refractivity contribution is 5.74. The van der Waals surface area contributed by atoms with Gasteiger partial charge in [0.15, 0.2) is 0 Å². The zero-order chi connectivity index (χ0) is 10.7. The fourth-order valence-electron chi connectivity index (χ4n) is 1.26. The van der Waals surface area contributed by atoms with Gasteiger partial charge in [0.1, 0.15) is 5.82 Å². The Kier molecular flexibility index (Phi) is 3.02. The predicted octanol–water partition coefficient (Wildman–Crippen LogP) is 2.49. The van der Waals surface area contributed by atoms with Crippen LogP contribution >= 0.6 is 0 Å². The first-order valence-electron chi connectivity index (χ1n) is 4.17. The van der Waals surface area contributed by atoms with Gasteiger partial charge in [-0.15, -0.1) is 0 Å². The molecule has 0 saturated heterocycles. The molecule has 0 radical (unpaired) electrons. The van der Waals surface area contributed by atoms with Gasteiger partial charge >= 0.3 is 5.97 Å². The second kappa shape index (κ2) is 4.05. The highest BCUT2D eigenvalue weighted by Gasteiger charge is 2.08. The summed E-state index contributed by atoms with van der Waals surface area (Å²) in [5.74, 6) is -1.31. The molecule has 0 fully saturated rings. The number of hydrogen-bond acceptors (Lipinski definition) is 1. The van der Waals surface area contributed by atoms with Gasteiger partial charge in [0.2, 0.25) is 0 Å². The third kappa shape index (κ3) is 2.42. The monoisotopic (exact) mass is 194 g/mol. The van der Waals surface area contributed by atoms with Gasteiger partial charge in [-0.1, -0.05) is 18.2 Å². The van der Waals surface area contributed by atoms with Crippen molar-refractivity contribution in [1.29, 1.82) is 0 Å². The average Bonchev–Trinajstić information content (AvgIpc) is 2.07. The minimum absolute atomic E-state index is 0.109. The summed E-state index contributed by atoms with van der Waals surface area (Å²) in [7, 11) is 0. The van der Waals surface area contributed by atoms with Crippen molar-refractivity contribution in [2.45, 2.75) is 13.3 Å². The van der Waals surface area contributed by atoms with E-state index in [0.29, 0.717) is 16.7 Å². The van der Waals surface area contributed by atoms with E-state index >= 15 is 0 Å². The van der Waals surface area contributed by atoms with Crippen molar-refractivity contribution in [1.82, 2.24) is 0 Å². The molecule has 1 aromatic carbocycles. The Balaban J connectivity index is 3.14. The molecule has 1 rings (SSSR count). The minimum Gasteiger partial charge on any atom is -0.481 e. The van der Waals surface area contributed by atoms with Crippen molar-refractivity contribution >= 4 is 11.5 Å². The molecular weight excluding hydrogens is 183 g/mol. The van der Waals surface area contributed by atoms with E-state index in [4.69, 9.17) is 5.11 Å². The molecule has 0 atom stereocenters. The predicted molar refractivity (Wildman–Crippen MR) is 52.4 cm³/mol. The molecule has 2 nitrogen and oxygen atoms in total. The van der Waals surface area contributed by atoms with Gasteiger partial charge in [0.25, 0.3) is 0 Å². The second-order valence-corrected chi connectivity index (χ2v) is 3.15. The first kappa shape index (κ1) is 10.4. The summed E-state index contributed by atoms with van der Waals surface area (Å²) >= 11 is 0. The van der Waals surface area contributed by atoms with Crippen molar-refractivity contribution in [3.63, 3.8) is 0 Å². The zero-order valence-corrected chi connectivity index (χ0v) is 7.88. The van der Waals surface area contributed by atoms with Gasteiger partial charge in [-0.3, -0.25) is 4.79 Å². The summed E-state index contributed by atoms with van der Waals surface area (Å²) in [6.07, 6.45) is -0.109. The van der Waals surface area contributed by atoms with Gasteiger partial charge < -0.3 is 5.11 Å². The summed E-state index contributed by atoms with van der Waals surface area (Å²) < 4.78 is 12.9. The van der Waals surface area contributed by atoms with E-state index in [0.717, 1.165) is 0 Å². The molecule has 0 unspecified atom stereocenters. The molecule has 0 amide bonds. The zero-order valence-electron chi connectivity index (χ0n) is 7.88. The molecule has 0 bridgehead atoms. The number of allylic oxidation sites excluding steroid dienone is 1. The SMILES string of the molecule is C=C(C)c1cc(F)ccc1CC(=O)O. The third-order valence-corrected chi connectivity index (χ3v) is 1.87. The van der Waals surface area contributed by atoms with Crippen LogP contribution in [-0.4, -0.2) is 11.1 Å².